The molecular weight excluding hydrogens is 233 g/mol. The average molecular weight is 253 g/mol. The third-order valence-electron chi connectivity index (χ3n) is 2.86. The Kier molecular flexibility index (Phi) is 5.78. The highest BCUT2D eigenvalue weighted by atomic mass is 19.1. The largest absolute Gasteiger partial charge is 0.469 e. The molecule has 0 heterocycles. The average Bonchev–Trinajstić information content (AvgIpc) is 2.37. The van der Waals surface area contributed by atoms with Crippen molar-refractivity contribution in [3.8, 4) is 0 Å². The van der Waals surface area contributed by atoms with E-state index in [-0.39, 0.29) is 24.2 Å². The number of halogens is 1. The van der Waals surface area contributed by atoms with Gasteiger partial charge >= 0.3 is 5.97 Å². The second-order valence-electron chi connectivity index (χ2n) is 4.29. The van der Waals surface area contributed by atoms with E-state index in [4.69, 9.17) is 0 Å². The van der Waals surface area contributed by atoms with Crippen molar-refractivity contribution in [3.63, 3.8) is 0 Å². The van der Waals surface area contributed by atoms with Crippen molar-refractivity contribution in [2.24, 2.45) is 0 Å². The maximum atomic E-state index is 13.3. The summed E-state index contributed by atoms with van der Waals surface area (Å²) in [6, 6.07) is 4.43. The van der Waals surface area contributed by atoms with Gasteiger partial charge in [-0.1, -0.05) is 13.0 Å². The predicted octanol–water partition coefficient (Wildman–Crippen LogP) is 2.74. The Labute approximate surface area is 107 Å². The minimum atomic E-state index is -0.299. The lowest BCUT2D eigenvalue weighted by Gasteiger charge is -2.20. The number of benzene rings is 1. The van der Waals surface area contributed by atoms with Crippen LogP contribution < -0.4 is 5.32 Å². The molecule has 0 spiro atoms. The minimum absolute atomic E-state index is 0.201. The van der Waals surface area contributed by atoms with Gasteiger partial charge in [-0.25, -0.2) is 4.39 Å². The van der Waals surface area contributed by atoms with E-state index in [2.05, 4.69) is 10.1 Å². The number of ether oxygens (including phenoxy) is 1. The highest BCUT2D eigenvalue weighted by molar-refractivity contribution is 5.70. The van der Waals surface area contributed by atoms with Gasteiger partial charge < -0.3 is 10.1 Å². The molecule has 0 saturated carbocycles. The molecule has 4 heteroatoms. The Hall–Kier alpha value is -1.42. The van der Waals surface area contributed by atoms with E-state index in [0.717, 1.165) is 24.1 Å². The van der Waals surface area contributed by atoms with Crippen molar-refractivity contribution >= 4 is 5.97 Å². The second-order valence-corrected chi connectivity index (χ2v) is 4.29. The fourth-order valence-corrected chi connectivity index (χ4v) is 1.85. The third kappa shape index (κ3) is 4.11. The van der Waals surface area contributed by atoms with E-state index in [1.807, 2.05) is 13.8 Å². The van der Waals surface area contributed by atoms with Crippen LogP contribution in [-0.4, -0.2) is 19.6 Å². The standard InChI is InChI=1S/C14H20FNO2/c1-4-7-16-13(9-14(17)18-3)12-8-11(15)6-5-10(12)2/h5-6,8,13,16H,4,7,9H2,1-3H3. The number of nitrogens with one attached hydrogen (secondary N) is 1. The molecule has 1 aromatic carbocycles. The van der Waals surface area contributed by atoms with Gasteiger partial charge in [0.1, 0.15) is 5.82 Å². The summed E-state index contributed by atoms with van der Waals surface area (Å²) >= 11 is 0. The molecule has 0 saturated heterocycles. The third-order valence-corrected chi connectivity index (χ3v) is 2.86. The molecule has 3 nitrogen and oxygen atoms in total. The van der Waals surface area contributed by atoms with Gasteiger partial charge in [0.2, 0.25) is 0 Å². The molecule has 0 aliphatic carbocycles. The second kappa shape index (κ2) is 7.11. The molecular formula is C14H20FNO2. The lowest BCUT2D eigenvalue weighted by molar-refractivity contribution is -0.141. The molecule has 0 bridgehead atoms. The zero-order valence-electron chi connectivity index (χ0n) is 11.1. The van der Waals surface area contributed by atoms with Crippen LogP contribution in [0.3, 0.4) is 0 Å². The van der Waals surface area contributed by atoms with E-state index >= 15 is 0 Å². The monoisotopic (exact) mass is 253 g/mol. The Balaban J connectivity index is 2.92. The van der Waals surface area contributed by atoms with Crippen molar-refractivity contribution in [1.29, 1.82) is 0 Å². The van der Waals surface area contributed by atoms with E-state index in [9.17, 15) is 9.18 Å². The number of carbonyl (C=O) groups is 1. The van der Waals surface area contributed by atoms with Crippen LogP contribution in [0.2, 0.25) is 0 Å². The molecule has 1 N–H and O–H groups in total. The minimum Gasteiger partial charge on any atom is -0.469 e. The molecule has 0 amide bonds. The summed E-state index contributed by atoms with van der Waals surface area (Å²) in [6.45, 7) is 4.73. The first-order chi connectivity index (χ1) is 8.58. The quantitative estimate of drug-likeness (QED) is 0.792. The Morgan fingerprint density at radius 1 is 1.50 bits per heavy atom. The van der Waals surface area contributed by atoms with Gasteiger partial charge in [0.25, 0.3) is 0 Å². The van der Waals surface area contributed by atoms with Crippen molar-refractivity contribution < 1.29 is 13.9 Å². The molecule has 0 aliphatic heterocycles. The molecule has 0 fully saturated rings. The number of hydrogen-bond acceptors (Lipinski definition) is 3. The van der Waals surface area contributed by atoms with Crippen LogP contribution in [0.25, 0.3) is 0 Å². The number of rotatable bonds is 6. The van der Waals surface area contributed by atoms with Crippen LogP contribution in [0, 0.1) is 12.7 Å². The van der Waals surface area contributed by atoms with Crippen molar-refractivity contribution in [1.82, 2.24) is 5.32 Å². The molecule has 0 aliphatic rings. The summed E-state index contributed by atoms with van der Waals surface area (Å²) in [6.07, 6.45) is 1.16. The Bertz CT molecular complexity index is 407. The lowest BCUT2D eigenvalue weighted by Crippen LogP contribution is -2.26. The normalized spacial score (nSPS) is 12.2. The number of carbonyl (C=O) groups excluding carboxylic acids is 1. The summed E-state index contributed by atoms with van der Waals surface area (Å²) in [5, 5.41) is 3.25. The molecule has 1 atom stereocenters. The van der Waals surface area contributed by atoms with Gasteiger partial charge in [0.05, 0.1) is 13.5 Å². The first kappa shape index (κ1) is 14.6. The molecule has 1 rings (SSSR count). The zero-order chi connectivity index (χ0) is 13.5. The SMILES string of the molecule is CCCNC(CC(=O)OC)c1cc(F)ccc1C. The predicted molar refractivity (Wildman–Crippen MR) is 68.8 cm³/mol. The summed E-state index contributed by atoms with van der Waals surface area (Å²) in [7, 11) is 1.36. The van der Waals surface area contributed by atoms with E-state index in [0.29, 0.717) is 0 Å². The molecule has 0 aromatic heterocycles. The molecule has 1 aromatic rings. The maximum absolute atomic E-state index is 13.3. The molecule has 18 heavy (non-hydrogen) atoms. The fourth-order valence-electron chi connectivity index (χ4n) is 1.85. The van der Waals surface area contributed by atoms with Crippen LogP contribution >= 0.6 is 0 Å². The fraction of sp³-hybridized carbons (Fsp3) is 0.500. The Morgan fingerprint density at radius 2 is 2.22 bits per heavy atom. The number of methoxy groups -OCH3 is 1. The molecule has 1 unspecified atom stereocenters. The van der Waals surface area contributed by atoms with Crippen LogP contribution in [0.15, 0.2) is 18.2 Å². The van der Waals surface area contributed by atoms with Gasteiger partial charge in [-0.15, -0.1) is 0 Å². The van der Waals surface area contributed by atoms with Gasteiger partial charge in [-0.05, 0) is 43.1 Å². The number of hydrogen-bond donors (Lipinski definition) is 1. The first-order valence-corrected chi connectivity index (χ1v) is 6.14. The smallest absolute Gasteiger partial charge is 0.307 e. The van der Waals surface area contributed by atoms with E-state index in [1.165, 1.54) is 19.2 Å². The summed E-state index contributed by atoms with van der Waals surface area (Å²) in [5.74, 6) is -0.587. The number of aryl methyl sites for hydroxylation is 1. The van der Waals surface area contributed by atoms with Crippen LogP contribution in [0.5, 0.6) is 0 Å². The number of esters is 1. The topological polar surface area (TPSA) is 38.3 Å². The van der Waals surface area contributed by atoms with Crippen molar-refractivity contribution in [2.75, 3.05) is 13.7 Å². The van der Waals surface area contributed by atoms with Crippen LogP contribution in [-0.2, 0) is 9.53 Å². The first-order valence-electron chi connectivity index (χ1n) is 6.14. The summed E-state index contributed by atoms with van der Waals surface area (Å²) in [5.41, 5.74) is 1.78. The van der Waals surface area contributed by atoms with Gasteiger partial charge in [0, 0.05) is 6.04 Å². The lowest BCUT2D eigenvalue weighted by atomic mass is 9.98. The van der Waals surface area contributed by atoms with E-state index < -0.39 is 0 Å². The van der Waals surface area contributed by atoms with E-state index in [1.54, 1.807) is 6.07 Å². The van der Waals surface area contributed by atoms with Gasteiger partial charge in [-0.2, -0.15) is 0 Å². The van der Waals surface area contributed by atoms with Crippen molar-refractivity contribution in [3.05, 3.63) is 35.1 Å². The Morgan fingerprint density at radius 3 is 2.83 bits per heavy atom. The van der Waals surface area contributed by atoms with Crippen molar-refractivity contribution in [2.45, 2.75) is 32.7 Å². The van der Waals surface area contributed by atoms with Gasteiger partial charge in [0.15, 0.2) is 0 Å². The summed E-state index contributed by atoms with van der Waals surface area (Å²) in [4.78, 5) is 11.4. The van der Waals surface area contributed by atoms with Gasteiger partial charge in [-0.3, -0.25) is 4.79 Å². The maximum Gasteiger partial charge on any atom is 0.307 e. The molecule has 100 valence electrons. The highest BCUT2D eigenvalue weighted by Gasteiger charge is 2.18. The van der Waals surface area contributed by atoms with Crippen LogP contribution in [0.1, 0.15) is 36.9 Å². The zero-order valence-corrected chi connectivity index (χ0v) is 11.1. The van der Waals surface area contributed by atoms with Crippen LogP contribution in [0.4, 0.5) is 4.39 Å². The highest BCUT2D eigenvalue weighted by Crippen LogP contribution is 2.22. The summed E-state index contributed by atoms with van der Waals surface area (Å²) < 4.78 is 18.0. The molecule has 0 radical (unpaired) electrons.